The SMILES string of the molecule is C=C/C=C(\C=C)[C@H](C)NC(=O)c1nn(C2CCCCC2)c2c1CCCCC2Cc1ccc(F)cc1. The molecular formula is C30H38FN3O. The third-order valence-corrected chi connectivity index (χ3v) is 7.59. The summed E-state index contributed by atoms with van der Waals surface area (Å²) >= 11 is 0. The molecule has 35 heavy (non-hydrogen) atoms. The highest BCUT2D eigenvalue weighted by molar-refractivity contribution is 5.94. The molecule has 1 amide bonds. The number of fused-ring (bicyclic) bond motifs is 1. The number of hydrogen-bond acceptors (Lipinski definition) is 2. The quantitative estimate of drug-likeness (QED) is 0.330. The molecule has 2 aliphatic rings. The number of nitrogens with zero attached hydrogens (tertiary/aromatic N) is 2. The van der Waals surface area contributed by atoms with Crippen molar-refractivity contribution >= 4 is 5.91 Å². The first-order chi connectivity index (χ1) is 17.0. The molecule has 1 heterocycles. The predicted molar refractivity (Wildman–Crippen MR) is 140 cm³/mol. The van der Waals surface area contributed by atoms with Gasteiger partial charge in [0, 0.05) is 17.2 Å². The molecule has 2 aliphatic carbocycles. The van der Waals surface area contributed by atoms with Crippen molar-refractivity contribution in [3.8, 4) is 0 Å². The van der Waals surface area contributed by atoms with Crippen molar-refractivity contribution in [3.63, 3.8) is 0 Å². The van der Waals surface area contributed by atoms with Gasteiger partial charge in [-0.3, -0.25) is 9.48 Å². The van der Waals surface area contributed by atoms with Gasteiger partial charge < -0.3 is 5.32 Å². The maximum absolute atomic E-state index is 13.5. The lowest BCUT2D eigenvalue weighted by Crippen LogP contribution is -2.34. The molecule has 1 N–H and O–H groups in total. The van der Waals surface area contributed by atoms with E-state index in [9.17, 15) is 9.18 Å². The van der Waals surface area contributed by atoms with Crippen LogP contribution in [-0.4, -0.2) is 21.7 Å². The highest BCUT2D eigenvalue weighted by Gasteiger charge is 2.33. The van der Waals surface area contributed by atoms with Crippen LogP contribution >= 0.6 is 0 Å². The van der Waals surface area contributed by atoms with Gasteiger partial charge in [0.1, 0.15) is 5.82 Å². The summed E-state index contributed by atoms with van der Waals surface area (Å²) in [5.41, 5.74) is 4.97. The van der Waals surface area contributed by atoms with Crippen LogP contribution in [0.2, 0.25) is 0 Å². The Balaban J connectivity index is 1.71. The normalized spacial score (nSPS) is 19.9. The van der Waals surface area contributed by atoms with Crippen LogP contribution < -0.4 is 5.32 Å². The van der Waals surface area contributed by atoms with E-state index in [0.29, 0.717) is 11.7 Å². The zero-order valence-corrected chi connectivity index (χ0v) is 20.9. The summed E-state index contributed by atoms with van der Waals surface area (Å²) in [5, 5.41) is 8.17. The standard InChI is InChI=1S/C30H38FN3O/c1-4-11-23(5-2)21(3)32-30(35)28-27-15-10-9-12-24(20-22-16-18-25(31)19-17-22)29(27)34(33-28)26-13-7-6-8-14-26/h4-5,11,16-19,21,24,26H,1-2,6-10,12-15,20H2,3H3,(H,32,35)/b23-11+/t21-,24?/m0/s1. The molecule has 5 heteroatoms. The minimum Gasteiger partial charge on any atom is -0.344 e. The zero-order chi connectivity index (χ0) is 24.8. The fraction of sp³-hybridized carbons (Fsp3) is 0.467. The second kappa shape index (κ2) is 11.7. The Morgan fingerprint density at radius 2 is 1.86 bits per heavy atom. The lowest BCUT2D eigenvalue weighted by Gasteiger charge is -2.27. The van der Waals surface area contributed by atoms with E-state index >= 15 is 0 Å². The van der Waals surface area contributed by atoms with E-state index in [2.05, 4.69) is 23.2 Å². The summed E-state index contributed by atoms with van der Waals surface area (Å²) in [6.07, 6.45) is 16.2. The molecule has 1 saturated carbocycles. The maximum Gasteiger partial charge on any atom is 0.272 e. The second-order valence-electron chi connectivity index (χ2n) is 10.0. The third kappa shape index (κ3) is 5.83. The predicted octanol–water partition coefficient (Wildman–Crippen LogP) is 7.00. The summed E-state index contributed by atoms with van der Waals surface area (Å²) in [6, 6.07) is 7.02. The van der Waals surface area contributed by atoms with Crippen LogP contribution in [0.25, 0.3) is 0 Å². The van der Waals surface area contributed by atoms with Gasteiger partial charge in [-0.05, 0) is 68.7 Å². The van der Waals surface area contributed by atoms with Gasteiger partial charge in [-0.2, -0.15) is 5.10 Å². The molecule has 2 aromatic rings. The average molecular weight is 476 g/mol. The molecule has 1 aromatic heterocycles. The smallest absolute Gasteiger partial charge is 0.272 e. The molecule has 186 valence electrons. The Labute approximate surface area is 209 Å². The molecule has 0 saturated heterocycles. The number of carbonyl (C=O) groups excluding carboxylic acids is 1. The van der Waals surface area contributed by atoms with Gasteiger partial charge in [0.15, 0.2) is 5.69 Å². The number of halogens is 1. The monoisotopic (exact) mass is 475 g/mol. The molecule has 0 bridgehead atoms. The van der Waals surface area contributed by atoms with Crippen molar-refractivity contribution in [2.24, 2.45) is 0 Å². The van der Waals surface area contributed by atoms with Crippen LogP contribution in [0.3, 0.4) is 0 Å². The van der Waals surface area contributed by atoms with Crippen molar-refractivity contribution in [2.45, 2.75) is 89.1 Å². The van der Waals surface area contributed by atoms with E-state index in [4.69, 9.17) is 5.10 Å². The van der Waals surface area contributed by atoms with Gasteiger partial charge >= 0.3 is 0 Å². The average Bonchev–Trinajstić information content (AvgIpc) is 3.14. The van der Waals surface area contributed by atoms with E-state index in [1.54, 1.807) is 24.3 Å². The Kier molecular flexibility index (Phi) is 8.37. The van der Waals surface area contributed by atoms with E-state index in [1.165, 1.54) is 25.0 Å². The lowest BCUT2D eigenvalue weighted by atomic mass is 9.89. The fourth-order valence-electron chi connectivity index (χ4n) is 5.75. The van der Waals surface area contributed by atoms with Gasteiger partial charge in [0.2, 0.25) is 0 Å². The maximum atomic E-state index is 13.5. The van der Waals surface area contributed by atoms with Crippen molar-refractivity contribution < 1.29 is 9.18 Å². The zero-order valence-electron chi connectivity index (χ0n) is 20.9. The molecule has 0 radical (unpaired) electrons. The molecule has 2 atom stereocenters. The molecule has 1 fully saturated rings. The van der Waals surface area contributed by atoms with Crippen LogP contribution in [-0.2, 0) is 12.8 Å². The first-order valence-electron chi connectivity index (χ1n) is 13.1. The summed E-state index contributed by atoms with van der Waals surface area (Å²) in [4.78, 5) is 13.5. The van der Waals surface area contributed by atoms with Crippen molar-refractivity contribution in [1.29, 1.82) is 0 Å². The van der Waals surface area contributed by atoms with Gasteiger partial charge in [0.05, 0.1) is 12.1 Å². The van der Waals surface area contributed by atoms with Crippen LogP contribution in [0.15, 0.2) is 61.2 Å². The van der Waals surface area contributed by atoms with E-state index in [0.717, 1.165) is 61.6 Å². The number of rotatable bonds is 8. The highest BCUT2D eigenvalue weighted by Crippen LogP contribution is 2.39. The Morgan fingerprint density at radius 3 is 2.54 bits per heavy atom. The molecule has 0 spiro atoms. The van der Waals surface area contributed by atoms with Crippen molar-refractivity contribution in [2.75, 3.05) is 0 Å². The minimum absolute atomic E-state index is 0.123. The molecule has 0 aliphatic heterocycles. The highest BCUT2D eigenvalue weighted by atomic mass is 19.1. The minimum atomic E-state index is -0.208. The lowest BCUT2D eigenvalue weighted by molar-refractivity contribution is 0.0938. The Morgan fingerprint density at radius 1 is 1.14 bits per heavy atom. The molecule has 4 nitrogen and oxygen atoms in total. The fourth-order valence-corrected chi connectivity index (χ4v) is 5.75. The summed E-state index contributed by atoms with van der Waals surface area (Å²) in [5.74, 6) is -0.0571. The van der Waals surface area contributed by atoms with Crippen LogP contribution in [0.1, 0.15) is 97.6 Å². The van der Waals surface area contributed by atoms with Gasteiger partial charge in [-0.15, -0.1) is 0 Å². The van der Waals surface area contributed by atoms with Gasteiger partial charge in [-0.1, -0.05) is 69.2 Å². The second-order valence-corrected chi connectivity index (χ2v) is 10.0. The number of allylic oxidation sites excluding steroid dienone is 2. The van der Waals surface area contributed by atoms with Crippen molar-refractivity contribution in [3.05, 3.63) is 89.6 Å². The van der Waals surface area contributed by atoms with E-state index < -0.39 is 0 Å². The van der Waals surface area contributed by atoms with Crippen LogP contribution in [0, 0.1) is 5.82 Å². The molecule has 1 unspecified atom stereocenters. The largest absolute Gasteiger partial charge is 0.344 e. The van der Waals surface area contributed by atoms with Crippen LogP contribution in [0.4, 0.5) is 4.39 Å². The summed E-state index contributed by atoms with van der Waals surface area (Å²) < 4.78 is 15.8. The summed E-state index contributed by atoms with van der Waals surface area (Å²) in [7, 11) is 0. The van der Waals surface area contributed by atoms with Gasteiger partial charge in [-0.25, -0.2) is 4.39 Å². The summed E-state index contributed by atoms with van der Waals surface area (Å²) in [6.45, 7) is 9.60. The third-order valence-electron chi connectivity index (χ3n) is 7.59. The number of amides is 1. The number of aromatic nitrogens is 2. The first kappa shape index (κ1) is 25.2. The molecule has 1 aromatic carbocycles. The number of carbonyl (C=O) groups is 1. The molecular weight excluding hydrogens is 437 g/mol. The Bertz CT molecular complexity index is 1080. The Hall–Kier alpha value is -2.95. The number of nitrogens with one attached hydrogen (secondary N) is 1. The van der Waals surface area contributed by atoms with E-state index in [-0.39, 0.29) is 23.7 Å². The van der Waals surface area contributed by atoms with Crippen molar-refractivity contribution in [1.82, 2.24) is 15.1 Å². The van der Waals surface area contributed by atoms with Gasteiger partial charge in [0.25, 0.3) is 5.91 Å². The molecule has 4 rings (SSSR count). The number of benzene rings is 1. The van der Waals surface area contributed by atoms with Crippen LogP contribution in [0.5, 0.6) is 0 Å². The topological polar surface area (TPSA) is 46.9 Å². The number of hydrogen-bond donors (Lipinski definition) is 1. The first-order valence-corrected chi connectivity index (χ1v) is 13.1. The van der Waals surface area contributed by atoms with E-state index in [1.807, 2.05) is 25.1 Å².